The van der Waals surface area contributed by atoms with Gasteiger partial charge in [-0.05, 0) is 70.4 Å². The van der Waals surface area contributed by atoms with Gasteiger partial charge < -0.3 is 19.4 Å². The number of nitrogens with one attached hydrogen (secondary N) is 1. The third-order valence-electron chi connectivity index (χ3n) is 5.93. The second kappa shape index (κ2) is 10.4. The van der Waals surface area contributed by atoms with Crippen LogP contribution in [0.25, 0.3) is 22.2 Å². The van der Waals surface area contributed by atoms with E-state index >= 15 is 4.39 Å². The van der Waals surface area contributed by atoms with Crippen LogP contribution in [0.4, 0.5) is 18.0 Å². The zero-order chi connectivity index (χ0) is 27.8. The molecule has 1 heterocycles. The van der Waals surface area contributed by atoms with Crippen LogP contribution in [0.3, 0.4) is 0 Å². The van der Waals surface area contributed by atoms with E-state index in [0.717, 1.165) is 24.4 Å². The highest BCUT2D eigenvalue weighted by Gasteiger charge is 2.26. The van der Waals surface area contributed by atoms with Gasteiger partial charge in [-0.15, -0.1) is 0 Å². The summed E-state index contributed by atoms with van der Waals surface area (Å²) in [4.78, 5) is 37.7. The van der Waals surface area contributed by atoms with Crippen LogP contribution in [-0.4, -0.2) is 34.9 Å². The van der Waals surface area contributed by atoms with Crippen LogP contribution in [0.5, 0.6) is 0 Å². The van der Waals surface area contributed by atoms with E-state index in [4.69, 9.17) is 9.47 Å². The fraction of sp³-hybridized carbons (Fsp3) is 0.321. The van der Waals surface area contributed by atoms with Crippen LogP contribution in [0.15, 0.2) is 47.4 Å². The van der Waals surface area contributed by atoms with Crippen molar-refractivity contribution in [2.75, 3.05) is 6.61 Å². The van der Waals surface area contributed by atoms with Gasteiger partial charge in [-0.3, -0.25) is 4.79 Å². The molecule has 0 aliphatic heterocycles. The van der Waals surface area contributed by atoms with E-state index < -0.39 is 52.1 Å². The summed E-state index contributed by atoms with van der Waals surface area (Å²) in [6, 6.07) is 4.82. The molecule has 1 unspecified atom stereocenters. The number of hydrogen-bond acceptors (Lipinski definition) is 5. The molecule has 10 heteroatoms. The molecule has 200 valence electrons. The maximum absolute atomic E-state index is 15.4. The molecule has 3 aromatic rings. The number of carbonyl (C=O) groups excluding carboxylic acids is 2. The molecule has 4 rings (SSSR count). The number of allylic oxidation sites excluding steroid dienone is 1. The summed E-state index contributed by atoms with van der Waals surface area (Å²) < 4.78 is 55.2. The average molecular weight is 529 g/mol. The van der Waals surface area contributed by atoms with E-state index in [1.165, 1.54) is 10.6 Å². The fourth-order valence-electron chi connectivity index (χ4n) is 4.34. The molecule has 1 aromatic heterocycles. The van der Waals surface area contributed by atoms with Gasteiger partial charge in [0, 0.05) is 23.2 Å². The molecule has 0 bridgehead atoms. The minimum Gasteiger partial charge on any atom is -0.462 e. The summed E-state index contributed by atoms with van der Waals surface area (Å²) in [5.74, 6) is -3.44. The normalized spacial score (nSPS) is 15.3. The lowest BCUT2D eigenvalue weighted by atomic mass is 10.0. The first-order chi connectivity index (χ1) is 17.9. The van der Waals surface area contributed by atoms with Gasteiger partial charge in [-0.25, -0.2) is 22.8 Å². The van der Waals surface area contributed by atoms with E-state index in [2.05, 4.69) is 5.32 Å². The quantitative estimate of drug-likeness (QED) is 0.432. The van der Waals surface area contributed by atoms with Gasteiger partial charge in [0.2, 0.25) is 5.43 Å². The number of nitrogens with zero attached hydrogens (tertiary/aromatic N) is 1. The van der Waals surface area contributed by atoms with Gasteiger partial charge in [0.25, 0.3) is 0 Å². The number of amides is 1. The molecule has 1 aliphatic carbocycles. The number of esters is 1. The molecule has 1 aliphatic rings. The van der Waals surface area contributed by atoms with Crippen LogP contribution < -0.4 is 10.7 Å². The number of benzene rings is 2. The molecule has 0 saturated heterocycles. The summed E-state index contributed by atoms with van der Waals surface area (Å²) in [5.41, 5.74) is -1.21. The molecular weight excluding hydrogens is 501 g/mol. The molecule has 1 atom stereocenters. The maximum Gasteiger partial charge on any atom is 0.408 e. The molecule has 7 nitrogen and oxygen atoms in total. The van der Waals surface area contributed by atoms with Crippen LogP contribution in [0.2, 0.25) is 0 Å². The standard InChI is InChI=1S/C28H27F3N2O5/c1-5-37-26(35)20-14-33(23-9-7-16(29)11-22(23)31)24-13-18(21(30)12-19(24)25(20)34)15-6-8-17(10-15)32-27(36)38-28(2,3)4/h7,9-14,17H,5-6,8H2,1-4H3,(H,32,36). The second-order valence-corrected chi connectivity index (χ2v) is 9.89. The Bertz CT molecular complexity index is 1520. The molecule has 0 radical (unpaired) electrons. The van der Waals surface area contributed by atoms with E-state index in [9.17, 15) is 23.2 Å². The van der Waals surface area contributed by atoms with E-state index in [-0.39, 0.29) is 28.8 Å². The zero-order valence-electron chi connectivity index (χ0n) is 21.4. The average Bonchev–Trinajstić information content (AvgIpc) is 3.26. The molecule has 0 fully saturated rings. The molecule has 0 spiro atoms. The van der Waals surface area contributed by atoms with Gasteiger partial charge in [0.15, 0.2) is 0 Å². The van der Waals surface area contributed by atoms with Crippen LogP contribution in [0, 0.1) is 17.5 Å². The number of pyridine rings is 1. The molecule has 1 N–H and O–H groups in total. The number of fused-ring (bicyclic) bond motifs is 1. The van der Waals surface area contributed by atoms with E-state index in [1.54, 1.807) is 33.8 Å². The Kier molecular flexibility index (Phi) is 7.35. The summed E-state index contributed by atoms with van der Waals surface area (Å²) in [7, 11) is 0. The second-order valence-electron chi connectivity index (χ2n) is 9.89. The Balaban J connectivity index is 1.84. The Hall–Kier alpha value is -4.08. The lowest BCUT2D eigenvalue weighted by Gasteiger charge is -2.21. The number of ether oxygens (including phenoxy) is 2. The topological polar surface area (TPSA) is 86.6 Å². The minimum atomic E-state index is -0.949. The van der Waals surface area contributed by atoms with E-state index in [1.807, 2.05) is 0 Å². The number of carbonyl (C=O) groups is 2. The smallest absolute Gasteiger partial charge is 0.408 e. The van der Waals surface area contributed by atoms with Crippen molar-refractivity contribution in [3.05, 3.63) is 81.4 Å². The largest absolute Gasteiger partial charge is 0.462 e. The summed E-state index contributed by atoms with van der Waals surface area (Å²) in [6.45, 7) is 6.77. The van der Waals surface area contributed by atoms with Gasteiger partial charge in [-0.2, -0.15) is 0 Å². The lowest BCUT2D eigenvalue weighted by Crippen LogP contribution is -2.37. The third-order valence-corrected chi connectivity index (χ3v) is 5.93. The number of alkyl carbamates (subject to hydrolysis) is 1. The first kappa shape index (κ1) is 27.0. The van der Waals surface area contributed by atoms with Crippen molar-refractivity contribution in [3.63, 3.8) is 0 Å². The van der Waals surface area contributed by atoms with Crippen molar-refractivity contribution in [2.24, 2.45) is 0 Å². The molecule has 2 aromatic carbocycles. The number of aromatic nitrogens is 1. The SMILES string of the molecule is CCOC(=O)c1cn(-c2ccc(F)cc2F)c2cc(C3=CC(NC(=O)OC(C)(C)C)CC3)c(F)cc2c1=O. The van der Waals surface area contributed by atoms with Gasteiger partial charge >= 0.3 is 12.1 Å². The van der Waals surface area contributed by atoms with Crippen molar-refractivity contribution in [1.29, 1.82) is 0 Å². The minimum absolute atomic E-state index is 0.0127. The first-order valence-electron chi connectivity index (χ1n) is 12.1. The van der Waals surface area contributed by atoms with Crippen LogP contribution in [0.1, 0.15) is 56.5 Å². The first-order valence-corrected chi connectivity index (χ1v) is 12.1. The monoisotopic (exact) mass is 528 g/mol. The molecule has 0 saturated carbocycles. The summed E-state index contributed by atoms with van der Waals surface area (Å²) >= 11 is 0. The highest BCUT2D eigenvalue weighted by atomic mass is 19.1. The summed E-state index contributed by atoms with van der Waals surface area (Å²) in [6.07, 6.45) is 3.11. The predicted octanol–water partition coefficient (Wildman–Crippen LogP) is 5.66. The summed E-state index contributed by atoms with van der Waals surface area (Å²) in [5, 5.41) is 2.55. The maximum atomic E-state index is 15.4. The number of rotatable bonds is 5. The number of halogens is 3. The van der Waals surface area contributed by atoms with Gasteiger partial charge in [0.1, 0.15) is 28.6 Å². The van der Waals surface area contributed by atoms with Crippen molar-refractivity contribution >= 4 is 28.5 Å². The van der Waals surface area contributed by atoms with Crippen LogP contribution >= 0.6 is 0 Å². The highest BCUT2D eigenvalue weighted by Crippen LogP contribution is 2.33. The third kappa shape index (κ3) is 5.58. The number of hydrogen-bond donors (Lipinski definition) is 1. The zero-order valence-corrected chi connectivity index (χ0v) is 21.4. The highest BCUT2D eigenvalue weighted by molar-refractivity contribution is 5.95. The van der Waals surface area contributed by atoms with Gasteiger partial charge in [0.05, 0.1) is 23.9 Å². The van der Waals surface area contributed by atoms with Gasteiger partial charge in [-0.1, -0.05) is 6.08 Å². The van der Waals surface area contributed by atoms with Crippen molar-refractivity contribution in [3.8, 4) is 5.69 Å². The Morgan fingerprint density at radius 2 is 1.84 bits per heavy atom. The van der Waals surface area contributed by atoms with Crippen LogP contribution in [-0.2, 0) is 9.47 Å². The molecule has 1 amide bonds. The van der Waals surface area contributed by atoms with Crippen molar-refractivity contribution < 1.29 is 32.2 Å². The van der Waals surface area contributed by atoms with Crippen molar-refractivity contribution in [2.45, 2.75) is 52.2 Å². The molecule has 38 heavy (non-hydrogen) atoms. The Morgan fingerprint density at radius 3 is 2.50 bits per heavy atom. The molecular formula is C28H27F3N2O5. The van der Waals surface area contributed by atoms with Crippen molar-refractivity contribution in [1.82, 2.24) is 9.88 Å². The predicted molar refractivity (Wildman–Crippen MR) is 136 cm³/mol. The lowest BCUT2D eigenvalue weighted by molar-refractivity contribution is 0.0507. The Morgan fingerprint density at radius 1 is 1.11 bits per heavy atom. The van der Waals surface area contributed by atoms with E-state index in [0.29, 0.717) is 24.5 Å². The Labute approximate surface area is 216 Å². The fourth-order valence-corrected chi connectivity index (χ4v) is 4.34.